The van der Waals surface area contributed by atoms with Crippen LogP contribution in [0.2, 0.25) is 0 Å². The van der Waals surface area contributed by atoms with Crippen LogP contribution in [0.25, 0.3) is 11.0 Å². The SMILES string of the molecule is COc1cc2c(cc1OC)[n+]([O-])c(C#N)c(O)[n+]2[O-]. The first kappa shape index (κ1) is 12.5. The van der Waals surface area contributed by atoms with E-state index in [1.807, 2.05) is 0 Å². The molecule has 0 radical (unpaired) electrons. The summed E-state index contributed by atoms with van der Waals surface area (Å²) in [5.74, 6) is -0.505. The zero-order valence-corrected chi connectivity index (χ0v) is 10.1. The number of aromatic hydroxyl groups is 1. The normalized spacial score (nSPS) is 10.2. The molecule has 0 atom stereocenters. The molecule has 0 aliphatic rings. The summed E-state index contributed by atoms with van der Waals surface area (Å²) in [5, 5.41) is 42.0. The average Bonchev–Trinajstić information content (AvgIpc) is 2.44. The van der Waals surface area contributed by atoms with Crippen molar-refractivity contribution in [3.05, 3.63) is 28.2 Å². The number of benzene rings is 1. The number of methoxy groups -OCH3 is 2. The molecule has 8 nitrogen and oxygen atoms in total. The van der Waals surface area contributed by atoms with Crippen molar-refractivity contribution in [1.29, 1.82) is 5.26 Å². The maximum atomic E-state index is 11.9. The minimum Gasteiger partial charge on any atom is -0.617 e. The number of hydrogen-bond acceptors (Lipinski definition) is 6. The monoisotopic (exact) mass is 263 g/mol. The molecule has 0 aliphatic heterocycles. The maximum Gasteiger partial charge on any atom is 0.465 e. The third-order valence-corrected chi connectivity index (χ3v) is 2.63. The Bertz CT molecular complexity index is 708. The Balaban J connectivity index is 2.97. The number of nitriles is 1. The number of ether oxygens (including phenoxy) is 2. The Kier molecular flexibility index (Phi) is 2.88. The molecule has 0 unspecified atom stereocenters. The van der Waals surface area contributed by atoms with Crippen molar-refractivity contribution in [2.75, 3.05) is 14.2 Å². The van der Waals surface area contributed by atoms with E-state index in [0.717, 1.165) is 0 Å². The Labute approximate surface area is 107 Å². The van der Waals surface area contributed by atoms with Gasteiger partial charge in [-0.05, 0) is 0 Å². The van der Waals surface area contributed by atoms with Crippen molar-refractivity contribution < 1.29 is 24.0 Å². The molecule has 0 spiro atoms. The first-order chi connectivity index (χ1) is 9.04. The summed E-state index contributed by atoms with van der Waals surface area (Å²) < 4.78 is 10.3. The minimum absolute atomic E-state index is 0.0875. The van der Waals surface area contributed by atoms with Crippen molar-refractivity contribution in [2.24, 2.45) is 0 Å². The van der Waals surface area contributed by atoms with Crippen LogP contribution < -0.4 is 18.9 Å². The van der Waals surface area contributed by atoms with E-state index in [2.05, 4.69) is 0 Å². The second kappa shape index (κ2) is 4.38. The summed E-state index contributed by atoms with van der Waals surface area (Å²) in [4.78, 5) is 0. The van der Waals surface area contributed by atoms with Gasteiger partial charge in [-0.25, -0.2) is 0 Å². The molecule has 1 aromatic carbocycles. The number of hydrogen-bond donors (Lipinski definition) is 1. The standard InChI is InChI=1S/C11H9N3O5/c1-18-9-3-6-7(4-10(9)19-2)14(17)11(15)8(5-12)13(6)16/h3-4,15H,1-2H3. The van der Waals surface area contributed by atoms with Crippen molar-refractivity contribution in [3.63, 3.8) is 0 Å². The van der Waals surface area contributed by atoms with Crippen molar-refractivity contribution >= 4 is 11.0 Å². The summed E-state index contributed by atoms with van der Waals surface area (Å²) in [6.45, 7) is 0. The third-order valence-electron chi connectivity index (χ3n) is 2.63. The van der Waals surface area contributed by atoms with Crippen LogP contribution in [0, 0.1) is 21.7 Å². The van der Waals surface area contributed by atoms with E-state index in [9.17, 15) is 15.5 Å². The number of rotatable bonds is 2. The summed E-state index contributed by atoms with van der Waals surface area (Å²) in [7, 11) is 2.74. The first-order valence-electron chi connectivity index (χ1n) is 5.09. The second-order valence-corrected chi connectivity index (χ2v) is 3.57. The van der Waals surface area contributed by atoms with Crippen LogP contribution in [0.3, 0.4) is 0 Å². The Morgan fingerprint density at radius 2 is 1.58 bits per heavy atom. The number of fused-ring (bicyclic) bond motifs is 1. The third kappa shape index (κ3) is 1.68. The van der Waals surface area contributed by atoms with Crippen LogP contribution in [0.15, 0.2) is 12.1 Å². The van der Waals surface area contributed by atoms with E-state index in [4.69, 9.17) is 14.7 Å². The molecular weight excluding hydrogens is 254 g/mol. The first-order valence-corrected chi connectivity index (χ1v) is 5.09. The molecule has 0 fully saturated rings. The number of nitrogens with zero attached hydrogens (tertiary/aromatic N) is 3. The van der Waals surface area contributed by atoms with Gasteiger partial charge in [0.05, 0.1) is 26.4 Å². The maximum absolute atomic E-state index is 11.9. The van der Waals surface area contributed by atoms with E-state index >= 15 is 0 Å². The summed E-state index contributed by atoms with van der Waals surface area (Å²) >= 11 is 0. The molecule has 2 aromatic rings. The molecule has 1 aromatic heterocycles. The molecule has 8 heteroatoms. The van der Waals surface area contributed by atoms with Crippen molar-refractivity contribution in [1.82, 2.24) is 0 Å². The van der Waals surface area contributed by atoms with Gasteiger partial charge in [0, 0.05) is 0 Å². The van der Waals surface area contributed by atoms with Crippen LogP contribution in [0.4, 0.5) is 0 Å². The molecule has 2 rings (SSSR count). The van der Waals surface area contributed by atoms with Gasteiger partial charge in [0.25, 0.3) is 11.0 Å². The van der Waals surface area contributed by atoms with E-state index < -0.39 is 11.6 Å². The lowest BCUT2D eigenvalue weighted by atomic mass is 10.2. The predicted octanol–water partition coefficient (Wildman–Crippen LogP) is -0.299. The zero-order valence-electron chi connectivity index (χ0n) is 10.1. The predicted molar refractivity (Wildman–Crippen MR) is 61.4 cm³/mol. The van der Waals surface area contributed by atoms with Gasteiger partial charge in [0.1, 0.15) is 0 Å². The second-order valence-electron chi connectivity index (χ2n) is 3.57. The quantitative estimate of drug-likeness (QED) is 0.587. The van der Waals surface area contributed by atoms with Gasteiger partial charge in [-0.3, -0.25) is 0 Å². The smallest absolute Gasteiger partial charge is 0.465 e. The fourth-order valence-corrected chi connectivity index (χ4v) is 1.70. The van der Waals surface area contributed by atoms with Crippen LogP contribution >= 0.6 is 0 Å². The average molecular weight is 263 g/mol. The number of aromatic nitrogens is 2. The van der Waals surface area contributed by atoms with Crippen LogP contribution in [-0.2, 0) is 0 Å². The molecule has 1 heterocycles. The Morgan fingerprint density at radius 1 is 1.11 bits per heavy atom. The lowest BCUT2D eigenvalue weighted by Crippen LogP contribution is -2.41. The van der Waals surface area contributed by atoms with Gasteiger partial charge < -0.3 is 25.0 Å². The lowest BCUT2D eigenvalue weighted by molar-refractivity contribution is -0.636. The fourth-order valence-electron chi connectivity index (χ4n) is 1.70. The van der Waals surface area contributed by atoms with Gasteiger partial charge in [0.2, 0.25) is 0 Å². The molecular formula is C11H9N3O5. The zero-order chi connectivity index (χ0) is 14.2. The molecule has 0 amide bonds. The van der Waals surface area contributed by atoms with E-state index in [1.165, 1.54) is 32.4 Å². The van der Waals surface area contributed by atoms with Gasteiger partial charge in [-0.15, -0.1) is 9.46 Å². The highest BCUT2D eigenvalue weighted by Crippen LogP contribution is 2.30. The molecule has 0 saturated carbocycles. The lowest BCUT2D eigenvalue weighted by Gasteiger charge is -2.10. The van der Waals surface area contributed by atoms with Crippen LogP contribution in [-0.4, -0.2) is 19.3 Å². The molecule has 1 N–H and O–H groups in total. The summed E-state index contributed by atoms with van der Waals surface area (Å²) in [6.07, 6.45) is 0. The summed E-state index contributed by atoms with van der Waals surface area (Å²) in [5.41, 5.74) is -0.930. The van der Waals surface area contributed by atoms with Crippen molar-refractivity contribution in [3.8, 4) is 23.4 Å². The topological polar surface area (TPSA) is 116 Å². The highest BCUT2D eigenvalue weighted by atomic mass is 16.5. The molecule has 0 saturated heterocycles. The molecule has 98 valence electrons. The molecule has 0 bridgehead atoms. The van der Waals surface area contributed by atoms with Crippen LogP contribution in [0.1, 0.15) is 5.69 Å². The highest BCUT2D eigenvalue weighted by molar-refractivity contribution is 5.74. The van der Waals surface area contributed by atoms with E-state index in [-0.39, 0.29) is 32.0 Å². The molecule has 19 heavy (non-hydrogen) atoms. The van der Waals surface area contributed by atoms with Gasteiger partial charge >= 0.3 is 11.6 Å². The minimum atomic E-state index is -0.961. The van der Waals surface area contributed by atoms with Crippen molar-refractivity contribution in [2.45, 2.75) is 0 Å². The van der Waals surface area contributed by atoms with E-state index in [1.54, 1.807) is 0 Å². The van der Waals surface area contributed by atoms with Crippen LogP contribution in [0.5, 0.6) is 17.4 Å². The van der Waals surface area contributed by atoms with Gasteiger partial charge in [0.15, 0.2) is 17.6 Å². The Hall–Kier alpha value is -2.95. The Morgan fingerprint density at radius 3 is 2.00 bits per heavy atom. The fraction of sp³-hybridized carbons (Fsp3) is 0.182. The highest BCUT2D eigenvalue weighted by Gasteiger charge is 2.29. The largest absolute Gasteiger partial charge is 0.617 e. The summed E-state index contributed by atoms with van der Waals surface area (Å²) in [6, 6.07) is 3.98. The van der Waals surface area contributed by atoms with Gasteiger partial charge in [-0.1, -0.05) is 0 Å². The van der Waals surface area contributed by atoms with Gasteiger partial charge in [-0.2, -0.15) is 5.26 Å². The molecule has 0 aliphatic carbocycles. The van der Waals surface area contributed by atoms with E-state index in [0.29, 0.717) is 0 Å².